The molecule has 4 aliphatic rings. The maximum atomic E-state index is 14.8. The maximum absolute atomic E-state index is 14.8. The summed E-state index contributed by atoms with van der Waals surface area (Å²) < 4.78 is 12.3. The van der Waals surface area contributed by atoms with Crippen LogP contribution in [0.4, 0.5) is 0 Å². The van der Waals surface area contributed by atoms with E-state index in [-0.39, 0.29) is 37.0 Å². The first kappa shape index (κ1) is 28.8. The molecule has 8 heteroatoms. The molecule has 3 unspecified atom stereocenters. The van der Waals surface area contributed by atoms with Crippen LogP contribution in [0.3, 0.4) is 0 Å². The predicted octanol–water partition coefficient (Wildman–Crippen LogP) is 3.51. The number of carbonyl (C=O) groups excluding carboxylic acids is 3. The lowest BCUT2D eigenvalue weighted by Gasteiger charge is -2.42. The first-order chi connectivity index (χ1) is 19.2. The number of aliphatic hydroxyl groups is 1. The monoisotopic (exact) mass is 552 g/mol. The molecule has 3 aliphatic heterocycles. The Balaban J connectivity index is 1.61. The number of hydrogen-bond acceptors (Lipinski definition) is 6. The molecule has 3 heterocycles. The van der Waals surface area contributed by atoms with Crippen molar-refractivity contribution in [1.82, 2.24) is 9.80 Å². The fraction of sp³-hybridized carbons (Fsp3) is 0.656. The second kappa shape index (κ2) is 11.3. The van der Waals surface area contributed by atoms with Crippen molar-refractivity contribution in [3.8, 4) is 0 Å². The zero-order valence-electron chi connectivity index (χ0n) is 24.1. The molecule has 1 aliphatic carbocycles. The molecular formula is C32H44N2O6. The van der Waals surface area contributed by atoms with Gasteiger partial charge in [-0.2, -0.15) is 0 Å². The van der Waals surface area contributed by atoms with E-state index in [1.807, 2.05) is 49.1 Å². The lowest BCUT2D eigenvalue weighted by molar-refractivity contribution is -0.164. The van der Waals surface area contributed by atoms with Gasteiger partial charge in [-0.25, -0.2) is 0 Å². The normalized spacial score (nSPS) is 34.0. The van der Waals surface area contributed by atoms with Crippen LogP contribution in [0.1, 0.15) is 64.9 Å². The summed E-state index contributed by atoms with van der Waals surface area (Å²) in [5.74, 6) is -2.65. The Bertz CT molecular complexity index is 1120. The van der Waals surface area contributed by atoms with Crippen LogP contribution in [0.2, 0.25) is 0 Å². The average Bonchev–Trinajstić information content (AvgIpc) is 3.47. The molecule has 40 heavy (non-hydrogen) atoms. The molecule has 3 saturated heterocycles. The maximum Gasteiger partial charge on any atom is 0.312 e. The van der Waals surface area contributed by atoms with Crippen molar-refractivity contribution in [1.29, 1.82) is 0 Å². The topological polar surface area (TPSA) is 96.4 Å². The Morgan fingerprint density at radius 3 is 2.58 bits per heavy atom. The highest BCUT2D eigenvalue weighted by Crippen LogP contribution is 2.65. The van der Waals surface area contributed by atoms with Gasteiger partial charge in [0.15, 0.2) is 0 Å². The number of esters is 1. The molecule has 2 amide bonds. The largest absolute Gasteiger partial charge is 0.466 e. The van der Waals surface area contributed by atoms with Crippen LogP contribution in [-0.2, 0) is 30.3 Å². The van der Waals surface area contributed by atoms with E-state index in [0.29, 0.717) is 19.4 Å². The number of ether oxygens (including phenoxy) is 2. The molecule has 218 valence electrons. The van der Waals surface area contributed by atoms with E-state index in [1.54, 1.807) is 17.9 Å². The van der Waals surface area contributed by atoms with E-state index in [1.165, 1.54) is 0 Å². The summed E-state index contributed by atoms with van der Waals surface area (Å²) in [6.07, 6.45) is 7.68. The number of carbonyl (C=O) groups is 3. The average molecular weight is 553 g/mol. The number of hydrogen-bond donors (Lipinski definition) is 1. The number of rotatable bonds is 10. The van der Waals surface area contributed by atoms with Gasteiger partial charge >= 0.3 is 5.97 Å². The number of fused-ring (bicyclic) bond motifs is 1. The van der Waals surface area contributed by atoms with Crippen molar-refractivity contribution in [2.24, 2.45) is 17.8 Å². The third kappa shape index (κ3) is 4.48. The van der Waals surface area contributed by atoms with E-state index in [4.69, 9.17) is 9.47 Å². The van der Waals surface area contributed by atoms with E-state index in [0.717, 1.165) is 37.7 Å². The Hall–Kier alpha value is -2.71. The van der Waals surface area contributed by atoms with Crippen molar-refractivity contribution >= 4 is 17.8 Å². The molecular weight excluding hydrogens is 508 g/mol. The van der Waals surface area contributed by atoms with Crippen molar-refractivity contribution in [3.05, 3.63) is 48.6 Å². The summed E-state index contributed by atoms with van der Waals surface area (Å²) in [6.45, 7) is 9.86. The van der Waals surface area contributed by atoms with E-state index in [9.17, 15) is 19.5 Å². The second-order valence-corrected chi connectivity index (χ2v) is 12.3. The predicted molar refractivity (Wildman–Crippen MR) is 150 cm³/mol. The zero-order valence-corrected chi connectivity index (χ0v) is 24.1. The van der Waals surface area contributed by atoms with Crippen molar-refractivity contribution in [3.63, 3.8) is 0 Å². The van der Waals surface area contributed by atoms with Gasteiger partial charge in [0.05, 0.1) is 30.8 Å². The van der Waals surface area contributed by atoms with E-state index < -0.39 is 41.1 Å². The number of nitrogens with zero attached hydrogens (tertiary/aromatic N) is 2. The quantitative estimate of drug-likeness (QED) is 0.353. The number of benzene rings is 1. The molecule has 7 atom stereocenters. The van der Waals surface area contributed by atoms with Gasteiger partial charge in [-0.05, 0) is 51.0 Å². The molecule has 5 rings (SSSR count). The molecule has 2 bridgehead atoms. The third-order valence-electron chi connectivity index (χ3n) is 10.1. The Labute approximate surface area is 237 Å². The van der Waals surface area contributed by atoms with E-state index >= 15 is 0 Å². The Morgan fingerprint density at radius 2 is 1.95 bits per heavy atom. The molecule has 1 N–H and O–H groups in total. The van der Waals surface area contributed by atoms with Gasteiger partial charge in [-0.3, -0.25) is 14.4 Å². The summed E-state index contributed by atoms with van der Waals surface area (Å²) >= 11 is 0. The van der Waals surface area contributed by atoms with Crippen LogP contribution in [0.15, 0.2) is 43.0 Å². The van der Waals surface area contributed by atoms with Crippen molar-refractivity contribution in [2.45, 2.75) is 95.0 Å². The molecule has 1 saturated carbocycles. The Morgan fingerprint density at radius 1 is 1.25 bits per heavy atom. The smallest absolute Gasteiger partial charge is 0.312 e. The summed E-state index contributed by atoms with van der Waals surface area (Å²) in [5, 5.41) is 10.7. The van der Waals surface area contributed by atoms with Gasteiger partial charge in [0, 0.05) is 12.6 Å². The number of amides is 2. The van der Waals surface area contributed by atoms with Crippen LogP contribution in [0.25, 0.3) is 0 Å². The minimum absolute atomic E-state index is 0.0563. The van der Waals surface area contributed by atoms with Gasteiger partial charge in [-0.15, -0.1) is 6.58 Å². The number of aliphatic hydroxyl groups excluding tert-OH is 1. The lowest BCUT2D eigenvalue weighted by atomic mass is 9.62. The van der Waals surface area contributed by atoms with Gasteiger partial charge in [0.2, 0.25) is 11.8 Å². The van der Waals surface area contributed by atoms with Crippen LogP contribution >= 0.6 is 0 Å². The van der Waals surface area contributed by atoms with Crippen LogP contribution in [-0.4, -0.2) is 81.8 Å². The summed E-state index contributed by atoms with van der Waals surface area (Å²) in [5.41, 5.74) is -1.13. The van der Waals surface area contributed by atoms with Gasteiger partial charge < -0.3 is 24.4 Å². The van der Waals surface area contributed by atoms with Gasteiger partial charge in [-0.1, -0.05) is 62.6 Å². The SMILES string of the molecule is C=CCN(C(=O)C1N([C@@H](CO)Cc2ccccc2)C(=O)[C@@H]2[C@H](C(=O)OCC)[C@@]3(C)OC12CC3C)C1CCCCC1. The standard InChI is InChI=1S/C32H44N2O6/c1-5-17-33(23-15-11-8-12-16-23)29(37)27-32-19-21(3)31(4,40-32)26(30(38)39-6-2)25(32)28(36)34(27)24(20-35)18-22-13-9-7-10-14-22/h5,7,9-10,13-14,21,23-27,35H,1,6,8,11-12,15-20H2,2-4H3/t21?,24-,25+,26-,27?,31+,32?/m1/s1. The van der Waals surface area contributed by atoms with Crippen LogP contribution < -0.4 is 0 Å². The molecule has 1 spiro atoms. The van der Waals surface area contributed by atoms with Crippen molar-refractivity contribution in [2.75, 3.05) is 19.8 Å². The highest BCUT2D eigenvalue weighted by Gasteiger charge is 2.80. The van der Waals surface area contributed by atoms with Gasteiger partial charge in [0.25, 0.3) is 0 Å². The summed E-state index contributed by atoms with van der Waals surface area (Å²) in [7, 11) is 0. The van der Waals surface area contributed by atoms with Crippen LogP contribution in [0.5, 0.6) is 0 Å². The minimum atomic E-state index is -1.17. The molecule has 1 aromatic rings. The molecule has 0 aromatic heterocycles. The first-order valence-electron chi connectivity index (χ1n) is 15.0. The summed E-state index contributed by atoms with van der Waals surface area (Å²) in [6, 6.07) is 8.14. The fourth-order valence-corrected chi connectivity index (χ4v) is 8.18. The molecule has 8 nitrogen and oxygen atoms in total. The second-order valence-electron chi connectivity index (χ2n) is 12.3. The Kier molecular flexibility index (Phi) is 8.13. The zero-order chi connectivity index (χ0) is 28.7. The van der Waals surface area contributed by atoms with Crippen LogP contribution in [0, 0.1) is 17.8 Å². The minimum Gasteiger partial charge on any atom is -0.466 e. The third-order valence-corrected chi connectivity index (χ3v) is 10.1. The fourth-order valence-electron chi connectivity index (χ4n) is 8.18. The lowest BCUT2D eigenvalue weighted by Crippen LogP contribution is -2.60. The highest BCUT2D eigenvalue weighted by atomic mass is 16.6. The van der Waals surface area contributed by atoms with Crippen molar-refractivity contribution < 1.29 is 29.0 Å². The first-order valence-corrected chi connectivity index (χ1v) is 15.0. The highest BCUT2D eigenvalue weighted by molar-refractivity contribution is 5.99. The molecule has 1 aromatic carbocycles. The van der Waals surface area contributed by atoms with Gasteiger partial charge in [0.1, 0.15) is 17.6 Å². The summed E-state index contributed by atoms with van der Waals surface area (Å²) in [4.78, 5) is 46.3. The molecule has 0 radical (unpaired) electrons. The molecule has 4 fully saturated rings. The number of likely N-dealkylation sites (tertiary alicyclic amines) is 1. The van der Waals surface area contributed by atoms with E-state index in [2.05, 4.69) is 6.58 Å².